The van der Waals surface area contributed by atoms with Crippen LogP contribution in [0.1, 0.15) is 0 Å². The number of hydrogen-bond acceptors (Lipinski definition) is 3. The fourth-order valence-corrected chi connectivity index (χ4v) is 0.581. The summed E-state index contributed by atoms with van der Waals surface area (Å²) >= 11 is 0. The summed E-state index contributed by atoms with van der Waals surface area (Å²) in [5.74, 6) is 0. The molecule has 3 heteroatoms. The zero-order chi connectivity index (χ0) is 8.69. The summed E-state index contributed by atoms with van der Waals surface area (Å²) in [6.07, 6.45) is 3.92. The molecule has 0 radical (unpaired) electrons. The van der Waals surface area contributed by atoms with Gasteiger partial charge in [0.15, 0.2) is 0 Å². The van der Waals surface area contributed by atoms with Gasteiger partial charge in [0.2, 0.25) is 0 Å². The second kappa shape index (κ2) is 5.56. The molecule has 3 nitrogen and oxygen atoms in total. The Bertz CT molecular complexity index is 163. The lowest BCUT2D eigenvalue weighted by atomic mass is 10.3. The third-order valence-electron chi connectivity index (χ3n) is 1.19. The smallest absolute Gasteiger partial charge is 0.113 e. The van der Waals surface area contributed by atoms with E-state index in [0.29, 0.717) is 5.70 Å². The van der Waals surface area contributed by atoms with E-state index in [1.807, 2.05) is 0 Å². The molecule has 0 spiro atoms. The van der Waals surface area contributed by atoms with Gasteiger partial charge in [0.25, 0.3) is 0 Å². The lowest BCUT2D eigenvalue weighted by Gasteiger charge is -2.09. The zero-order valence-electron chi connectivity index (χ0n) is 6.67. The topological polar surface area (TPSA) is 44.3 Å². The Morgan fingerprint density at radius 2 is 2.18 bits per heavy atom. The summed E-state index contributed by atoms with van der Waals surface area (Å²) in [5.41, 5.74) is 0.653. The van der Waals surface area contributed by atoms with Crippen LogP contribution in [0.4, 0.5) is 0 Å². The first-order valence-corrected chi connectivity index (χ1v) is 3.31. The summed E-state index contributed by atoms with van der Waals surface area (Å²) in [6.45, 7) is 6.91. The van der Waals surface area contributed by atoms with E-state index in [1.54, 1.807) is 13.2 Å². The van der Waals surface area contributed by atoms with E-state index in [0.717, 1.165) is 0 Å². The van der Waals surface area contributed by atoms with Gasteiger partial charge in [0.05, 0.1) is 5.70 Å². The second-order valence-electron chi connectivity index (χ2n) is 1.90. The third kappa shape index (κ3) is 3.47. The first-order valence-electron chi connectivity index (χ1n) is 3.31. The van der Waals surface area contributed by atoms with Gasteiger partial charge in [-0.2, -0.15) is 0 Å². The summed E-state index contributed by atoms with van der Waals surface area (Å²) < 4.78 is 0. The largest absolute Gasteiger partial charge is 0.388 e. The molecule has 0 aromatic rings. The summed E-state index contributed by atoms with van der Waals surface area (Å²) in [7, 11) is 1.73. The van der Waals surface area contributed by atoms with Crippen LogP contribution in [0.5, 0.6) is 0 Å². The standard InChI is InChI=1S/C8H14N2O/c1-4-8(11)7(9-3)6-10-5-2/h4-6,8-11H,1-2H2,3H3/b7-6-. The fraction of sp³-hybridized carbons (Fsp3) is 0.250. The normalized spacial score (nSPS) is 13.5. The highest BCUT2D eigenvalue weighted by atomic mass is 16.3. The molecule has 0 aromatic carbocycles. The van der Waals surface area contributed by atoms with Gasteiger partial charge >= 0.3 is 0 Å². The number of aliphatic hydroxyl groups excluding tert-OH is 1. The van der Waals surface area contributed by atoms with Gasteiger partial charge in [0, 0.05) is 13.2 Å². The van der Waals surface area contributed by atoms with Gasteiger partial charge in [-0.1, -0.05) is 12.7 Å². The van der Waals surface area contributed by atoms with E-state index < -0.39 is 6.10 Å². The number of nitrogens with one attached hydrogen (secondary N) is 2. The molecule has 0 saturated carbocycles. The van der Waals surface area contributed by atoms with Crippen molar-refractivity contribution in [1.82, 2.24) is 10.6 Å². The summed E-state index contributed by atoms with van der Waals surface area (Å²) in [4.78, 5) is 0. The molecule has 11 heavy (non-hydrogen) atoms. The molecule has 62 valence electrons. The highest BCUT2D eigenvalue weighted by molar-refractivity contribution is 5.10. The SMILES string of the molecule is C=CN/C=C(\NC)C(O)C=C. The first-order chi connectivity index (χ1) is 5.26. The van der Waals surface area contributed by atoms with Crippen LogP contribution in [-0.2, 0) is 0 Å². The zero-order valence-corrected chi connectivity index (χ0v) is 6.67. The minimum absolute atomic E-state index is 0.653. The van der Waals surface area contributed by atoms with Crippen LogP contribution in [0.25, 0.3) is 0 Å². The molecule has 0 aromatic heterocycles. The molecule has 1 unspecified atom stereocenters. The van der Waals surface area contributed by atoms with Crippen LogP contribution >= 0.6 is 0 Å². The highest BCUT2D eigenvalue weighted by Gasteiger charge is 2.01. The van der Waals surface area contributed by atoms with Crippen molar-refractivity contribution in [2.45, 2.75) is 6.10 Å². The molecule has 0 aliphatic carbocycles. The Morgan fingerprint density at radius 1 is 1.55 bits per heavy atom. The van der Waals surface area contributed by atoms with Crippen LogP contribution in [0.3, 0.4) is 0 Å². The van der Waals surface area contributed by atoms with Crippen LogP contribution in [0.15, 0.2) is 37.3 Å². The van der Waals surface area contributed by atoms with E-state index in [4.69, 9.17) is 0 Å². The van der Waals surface area contributed by atoms with Crippen molar-refractivity contribution < 1.29 is 5.11 Å². The maximum atomic E-state index is 9.22. The minimum Gasteiger partial charge on any atom is -0.388 e. The molecule has 0 amide bonds. The van der Waals surface area contributed by atoms with Gasteiger partial charge in [-0.05, 0) is 6.20 Å². The molecule has 0 saturated heterocycles. The lowest BCUT2D eigenvalue weighted by Crippen LogP contribution is -2.20. The van der Waals surface area contributed by atoms with Crippen molar-refractivity contribution in [3.05, 3.63) is 37.3 Å². The third-order valence-corrected chi connectivity index (χ3v) is 1.19. The molecule has 0 heterocycles. The van der Waals surface area contributed by atoms with Crippen LogP contribution in [0.2, 0.25) is 0 Å². The van der Waals surface area contributed by atoms with Crippen LogP contribution in [-0.4, -0.2) is 18.3 Å². The Labute approximate surface area is 67.1 Å². The van der Waals surface area contributed by atoms with Crippen molar-refractivity contribution in [2.24, 2.45) is 0 Å². The average Bonchev–Trinajstić information content (AvgIpc) is 2.05. The Balaban J connectivity index is 4.12. The number of likely N-dealkylation sites (N-methyl/N-ethyl adjacent to an activating group) is 1. The van der Waals surface area contributed by atoms with E-state index in [2.05, 4.69) is 23.8 Å². The Morgan fingerprint density at radius 3 is 2.55 bits per heavy atom. The van der Waals surface area contributed by atoms with Gasteiger partial charge in [-0.25, -0.2) is 0 Å². The molecular formula is C8H14N2O. The molecule has 0 fully saturated rings. The molecule has 0 aliphatic rings. The van der Waals surface area contributed by atoms with E-state index in [-0.39, 0.29) is 0 Å². The number of rotatable bonds is 5. The van der Waals surface area contributed by atoms with Gasteiger partial charge in [0.1, 0.15) is 6.10 Å². The molecule has 1 atom stereocenters. The molecule has 3 N–H and O–H groups in total. The number of aliphatic hydroxyl groups is 1. The monoisotopic (exact) mass is 154 g/mol. The minimum atomic E-state index is -0.660. The molecule has 0 rings (SSSR count). The van der Waals surface area contributed by atoms with Gasteiger partial charge in [-0.15, -0.1) is 6.58 Å². The van der Waals surface area contributed by atoms with Crippen LogP contribution < -0.4 is 10.6 Å². The highest BCUT2D eigenvalue weighted by Crippen LogP contribution is 1.95. The van der Waals surface area contributed by atoms with E-state index >= 15 is 0 Å². The maximum Gasteiger partial charge on any atom is 0.113 e. The van der Waals surface area contributed by atoms with Gasteiger partial charge < -0.3 is 15.7 Å². The second-order valence-corrected chi connectivity index (χ2v) is 1.90. The molecular weight excluding hydrogens is 140 g/mol. The van der Waals surface area contributed by atoms with E-state index in [1.165, 1.54) is 12.3 Å². The Kier molecular flexibility index (Phi) is 4.94. The average molecular weight is 154 g/mol. The van der Waals surface area contributed by atoms with Crippen LogP contribution in [0, 0.1) is 0 Å². The predicted octanol–water partition coefficient (Wildman–Crippen LogP) is 0.327. The molecule has 0 aliphatic heterocycles. The summed E-state index contributed by atoms with van der Waals surface area (Å²) in [5, 5.41) is 14.8. The number of hydrogen-bond donors (Lipinski definition) is 3. The lowest BCUT2D eigenvalue weighted by molar-refractivity contribution is 0.251. The Hall–Kier alpha value is -1.22. The maximum absolute atomic E-state index is 9.22. The van der Waals surface area contributed by atoms with Crippen molar-refractivity contribution in [1.29, 1.82) is 0 Å². The quantitative estimate of drug-likeness (QED) is 0.500. The van der Waals surface area contributed by atoms with E-state index in [9.17, 15) is 5.11 Å². The van der Waals surface area contributed by atoms with Crippen molar-refractivity contribution in [2.75, 3.05) is 7.05 Å². The predicted molar refractivity (Wildman–Crippen MR) is 46.7 cm³/mol. The van der Waals surface area contributed by atoms with Crippen molar-refractivity contribution >= 4 is 0 Å². The fourth-order valence-electron chi connectivity index (χ4n) is 0.581. The van der Waals surface area contributed by atoms with Crippen molar-refractivity contribution in [3.8, 4) is 0 Å². The van der Waals surface area contributed by atoms with Crippen molar-refractivity contribution in [3.63, 3.8) is 0 Å². The first kappa shape index (κ1) is 9.78. The summed E-state index contributed by atoms with van der Waals surface area (Å²) in [6, 6.07) is 0. The van der Waals surface area contributed by atoms with Gasteiger partial charge in [-0.3, -0.25) is 0 Å². The molecule has 0 bridgehead atoms.